The van der Waals surface area contributed by atoms with Gasteiger partial charge < -0.3 is 25.8 Å². The van der Waals surface area contributed by atoms with Gasteiger partial charge in [0.2, 0.25) is 0 Å². The minimum atomic E-state index is -0.420. The fourth-order valence-electron chi connectivity index (χ4n) is 3.34. The largest absolute Gasteiger partial charge is 0.336 e. The van der Waals surface area contributed by atoms with Gasteiger partial charge in [-0.3, -0.25) is 0 Å². The number of halogens is 3. The highest BCUT2D eigenvalue weighted by Crippen LogP contribution is 2.18. The lowest BCUT2D eigenvalue weighted by molar-refractivity contribution is 0.200. The fraction of sp³-hybridized carbons (Fsp3) is 0.381. The number of likely N-dealkylation sites (tertiary alicyclic amines) is 1. The molecule has 3 N–H and O–H groups in total. The summed E-state index contributed by atoms with van der Waals surface area (Å²) >= 11 is 15.1. The maximum atomic E-state index is 12.9. The summed E-state index contributed by atoms with van der Waals surface area (Å²) in [5.74, 6) is 0. The van der Waals surface area contributed by atoms with Gasteiger partial charge >= 0.3 is 12.1 Å². The Hall–Kier alpha value is -2.07. The second-order valence-corrected chi connectivity index (χ2v) is 9.05. The van der Waals surface area contributed by atoms with Crippen LogP contribution in [0.3, 0.4) is 0 Å². The summed E-state index contributed by atoms with van der Waals surface area (Å²) in [7, 11) is 0. The third-order valence-corrected chi connectivity index (χ3v) is 5.87. The summed E-state index contributed by atoms with van der Waals surface area (Å²) in [6.45, 7) is 4.13. The molecule has 172 valence electrons. The molecule has 3 rings (SSSR count). The standard InChI is InChI=1S/C21H25BrCl2N6O2/c22-15-3-5-16(6-4-15)27-21(32)30(12-11-29-8-1-2-9-29)10-7-25-20(31)26-17-13-18(23)28-19(24)14-17/h3-6,13-14H,1-2,7-12H2,(H,27,32)(H2,25,26,28,31). The van der Waals surface area contributed by atoms with Crippen LogP contribution in [0.5, 0.6) is 0 Å². The smallest absolute Gasteiger partial charge is 0.321 e. The lowest BCUT2D eigenvalue weighted by Crippen LogP contribution is -2.44. The Morgan fingerprint density at radius 1 is 1.00 bits per heavy atom. The topological polar surface area (TPSA) is 89.6 Å². The number of pyridine rings is 1. The molecule has 0 unspecified atom stereocenters. The lowest BCUT2D eigenvalue weighted by atomic mass is 10.3. The number of carbonyl (C=O) groups excluding carboxylic acids is 2. The van der Waals surface area contributed by atoms with E-state index in [4.69, 9.17) is 23.2 Å². The number of anilines is 2. The van der Waals surface area contributed by atoms with E-state index >= 15 is 0 Å². The molecule has 0 radical (unpaired) electrons. The van der Waals surface area contributed by atoms with Gasteiger partial charge in [-0.05, 0) is 62.3 Å². The molecule has 1 aliphatic rings. The molecule has 1 aromatic carbocycles. The van der Waals surface area contributed by atoms with Gasteiger partial charge in [0.1, 0.15) is 10.3 Å². The van der Waals surface area contributed by atoms with E-state index in [1.165, 1.54) is 25.0 Å². The Labute approximate surface area is 205 Å². The van der Waals surface area contributed by atoms with Crippen molar-refractivity contribution >= 4 is 62.6 Å². The number of aromatic nitrogens is 1. The molecular formula is C21H25BrCl2N6O2. The number of benzene rings is 1. The van der Waals surface area contributed by atoms with Gasteiger partial charge in [0.05, 0.1) is 0 Å². The zero-order valence-electron chi connectivity index (χ0n) is 17.4. The van der Waals surface area contributed by atoms with E-state index < -0.39 is 6.03 Å². The number of urea groups is 2. The molecule has 2 aromatic rings. The number of rotatable bonds is 8. The quantitative estimate of drug-likeness (QED) is 0.413. The Morgan fingerprint density at radius 3 is 2.31 bits per heavy atom. The van der Waals surface area contributed by atoms with Crippen LogP contribution in [-0.4, -0.2) is 66.1 Å². The lowest BCUT2D eigenvalue weighted by Gasteiger charge is -2.26. The Balaban J connectivity index is 1.52. The highest BCUT2D eigenvalue weighted by atomic mass is 79.9. The second kappa shape index (κ2) is 12.2. The Kier molecular flexibility index (Phi) is 9.40. The van der Waals surface area contributed by atoms with Crippen molar-refractivity contribution in [3.05, 3.63) is 51.2 Å². The Bertz CT molecular complexity index is 905. The van der Waals surface area contributed by atoms with Crippen LogP contribution in [0.15, 0.2) is 40.9 Å². The fourth-order valence-corrected chi connectivity index (χ4v) is 4.06. The van der Waals surface area contributed by atoms with E-state index in [1.54, 1.807) is 4.90 Å². The van der Waals surface area contributed by atoms with Crippen LogP contribution in [0.1, 0.15) is 12.8 Å². The van der Waals surface area contributed by atoms with E-state index in [-0.39, 0.29) is 22.9 Å². The van der Waals surface area contributed by atoms with Gasteiger partial charge in [-0.2, -0.15) is 0 Å². The number of hydrogen-bond acceptors (Lipinski definition) is 4. The number of nitrogens with one attached hydrogen (secondary N) is 3. The van der Waals surface area contributed by atoms with Gasteiger partial charge in [0.15, 0.2) is 0 Å². The molecule has 4 amide bonds. The minimum absolute atomic E-state index is 0.186. The Morgan fingerprint density at radius 2 is 1.66 bits per heavy atom. The van der Waals surface area contributed by atoms with Gasteiger partial charge in [-0.1, -0.05) is 39.1 Å². The SMILES string of the molecule is O=C(NCCN(CCN1CCCC1)C(=O)Nc1ccc(Br)cc1)Nc1cc(Cl)nc(Cl)c1. The molecular weight excluding hydrogens is 519 g/mol. The van der Waals surface area contributed by atoms with Gasteiger partial charge in [0, 0.05) is 42.0 Å². The average molecular weight is 544 g/mol. The van der Waals surface area contributed by atoms with Gasteiger partial charge in [-0.15, -0.1) is 0 Å². The van der Waals surface area contributed by atoms with Crippen molar-refractivity contribution in [3.8, 4) is 0 Å². The van der Waals surface area contributed by atoms with Crippen LogP contribution < -0.4 is 16.0 Å². The molecule has 11 heteroatoms. The van der Waals surface area contributed by atoms with Crippen LogP contribution >= 0.6 is 39.1 Å². The van der Waals surface area contributed by atoms with Gasteiger partial charge in [-0.25, -0.2) is 14.6 Å². The summed E-state index contributed by atoms with van der Waals surface area (Å²) in [6, 6.07) is 9.77. The minimum Gasteiger partial charge on any atom is -0.336 e. The van der Waals surface area contributed by atoms with Crippen LogP contribution in [0.4, 0.5) is 21.0 Å². The highest BCUT2D eigenvalue weighted by molar-refractivity contribution is 9.10. The summed E-state index contributed by atoms with van der Waals surface area (Å²) in [6.07, 6.45) is 2.38. The van der Waals surface area contributed by atoms with Crippen LogP contribution in [-0.2, 0) is 0 Å². The zero-order chi connectivity index (χ0) is 22.9. The molecule has 1 aromatic heterocycles. The van der Waals surface area contributed by atoms with E-state index in [2.05, 4.69) is 41.8 Å². The zero-order valence-corrected chi connectivity index (χ0v) is 20.5. The summed E-state index contributed by atoms with van der Waals surface area (Å²) in [5.41, 5.74) is 1.15. The molecule has 1 aliphatic heterocycles. The number of hydrogen-bond donors (Lipinski definition) is 3. The van der Waals surface area contributed by atoms with Crippen LogP contribution in [0.25, 0.3) is 0 Å². The predicted molar refractivity (Wildman–Crippen MR) is 132 cm³/mol. The number of carbonyl (C=O) groups is 2. The van der Waals surface area contributed by atoms with Crippen molar-refractivity contribution in [2.75, 3.05) is 49.9 Å². The summed E-state index contributed by atoms with van der Waals surface area (Å²) in [5, 5.41) is 8.70. The van der Waals surface area contributed by atoms with Crippen LogP contribution in [0.2, 0.25) is 10.3 Å². The molecule has 0 aliphatic carbocycles. The summed E-state index contributed by atoms with van der Waals surface area (Å²) < 4.78 is 0.938. The molecule has 0 atom stereocenters. The van der Waals surface area contributed by atoms with E-state index in [1.807, 2.05) is 24.3 Å². The molecule has 2 heterocycles. The molecule has 0 bridgehead atoms. The first-order chi connectivity index (χ1) is 15.4. The highest BCUT2D eigenvalue weighted by Gasteiger charge is 2.17. The maximum absolute atomic E-state index is 12.9. The number of nitrogens with zero attached hydrogens (tertiary/aromatic N) is 3. The average Bonchev–Trinajstić information content (AvgIpc) is 3.25. The molecule has 8 nitrogen and oxygen atoms in total. The molecule has 1 saturated heterocycles. The second-order valence-electron chi connectivity index (χ2n) is 7.36. The first kappa shape index (κ1) is 24.6. The maximum Gasteiger partial charge on any atom is 0.321 e. The van der Waals surface area contributed by atoms with Crippen molar-refractivity contribution in [2.24, 2.45) is 0 Å². The van der Waals surface area contributed by atoms with Crippen molar-refractivity contribution in [3.63, 3.8) is 0 Å². The third kappa shape index (κ3) is 8.12. The van der Waals surface area contributed by atoms with E-state index in [9.17, 15) is 9.59 Å². The molecule has 0 saturated carbocycles. The van der Waals surface area contributed by atoms with Crippen molar-refractivity contribution in [1.82, 2.24) is 20.1 Å². The summed E-state index contributed by atoms with van der Waals surface area (Å²) in [4.78, 5) is 33.0. The van der Waals surface area contributed by atoms with E-state index in [0.29, 0.717) is 24.5 Å². The monoisotopic (exact) mass is 542 g/mol. The van der Waals surface area contributed by atoms with Crippen molar-refractivity contribution < 1.29 is 9.59 Å². The first-order valence-electron chi connectivity index (χ1n) is 10.3. The molecule has 32 heavy (non-hydrogen) atoms. The van der Waals surface area contributed by atoms with Crippen LogP contribution in [0, 0.1) is 0 Å². The van der Waals surface area contributed by atoms with Gasteiger partial charge in [0.25, 0.3) is 0 Å². The van der Waals surface area contributed by atoms with Crippen molar-refractivity contribution in [1.29, 1.82) is 0 Å². The predicted octanol–water partition coefficient (Wildman–Crippen LogP) is 4.90. The third-order valence-electron chi connectivity index (χ3n) is 4.96. The van der Waals surface area contributed by atoms with E-state index in [0.717, 1.165) is 24.1 Å². The molecule has 1 fully saturated rings. The van der Waals surface area contributed by atoms with Crippen molar-refractivity contribution in [2.45, 2.75) is 12.8 Å². The number of amides is 4. The molecule has 0 spiro atoms. The first-order valence-corrected chi connectivity index (χ1v) is 11.9. The normalized spacial score (nSPS) is 13.6.